The molecule has 0 aromatic rings. The van der Waals surface area contributed by atoms with Gasteiger partial charge in [-0.1, -0.05) is 31.4 Å². The quantitative estimate of drug-likeness (QED) is 0.636. The van der Waals surface area contributed by atoms with Crippen molar-refractivity contribution in [1.82, 2.24) is 5.32 Å². The van der Waals surface area contributed by atoms with E-state index in [1.54, 1.807) is 0 Å². The van der Waals surface area contributed by atoms with Crippen molar-refractivity contribution in [2.24, 2.45) is 5.92 Å². The maximum absolute atomic E-state index is 12.4. The SMILES string of the molecule is CCOC(=O)C1(NC(=O)[C@H]2CC=CCC2)CCCCC1. The van der Waals surface area contributed by atoms with Crippen LogP contribution in [0.3, 0.4) is 0 Å². The molecule has 0 saturated heterocycles. The number of rotatable bonds is 4. The first kappa shape index (κ1) is 15.1. The molecule has 1 amide bonds. The summed E-state index contributed by atoms with van der Waals surface area (Å²) in [7, 11) is 0. The van der Waals surface area contributed by atoms with Gasteiger partial charge in [-0.15, -0.1) is 0 Å². The van der Waals surface area contributed by atoms with Crippen molar-refractivity contribution in [2.45, 2.75) is 63.8 Å². The first-order valence-electron chi connectivity index (χ1n) is 7.82. The summed E-state index contributed by atoms with van der Waals surface area (Å²) >= 11 is 0. The summed E-state index contributed by atoms with van der Waals surface area (Å²) < 4.78 is 5.21. The van der Waals surface area contributed by atoms with Crippen LogP contribution in [-0.2, 0) is 14.3 Å². The number of esters is 1. The molecule has 112 valence electrons. The van der Waals surface area contributed by atoms with Gasteiger partial charge in [0.1, 0.15) is 5.54 Å². The summed E-state index contributed by atoms with van der Waals surface area (Å²) in [5.74, 6) is -0.225. The Labute approximate surface area is 120 Å². The van der Waals surface area contributed by atoms with Crippen LogP contribution < -0.4 is 5.32 Å². The maximum Gasteiger partial charge on any atom is 0.331 e. The van der Waals surface area contributed by atoms with Crippen molar-refractivity contribution in [3.63, 3.8) is 0 Å². The second-order valence-corrected chi connectivity index (χ2v) is 5.83. The van der Waals surface area contributed by atoms with E-state index in [0.29, 0.717) is 19.4 Å². The van der Waals surface area contributed by atoms with Crippen LogP contribution in [0.5, 0.6) is 0 Å². The van der Waals surface area contributed by atoms with E-state index < -0.39 is 5.54 Å². The standard InChI is InChI=1S/C16H25NO3/c1-2-20-15(19)16(11-7-4-8-12-16)17-14(18)13-9-5-3-6-10-13/h3,5,13H,2,4,6-12H2,1H3,(H,17,18)/t13-/m0/s1. The molecule has 0 heterocycles. The zero-order valence-corrected chi connectivity index (χ0v) is 12.3. The Morgan fingerprint density at radius 1 is 1.25 bits per heavy atom. The minimum absolute atomic E-state index is 0.00762. The lowest BCUT2D eigenvalue weighted by Gasteiger charge is -2.36. The monoisotopic (exact) mass is 279 g/mol. The number of nitrogens with one attached hydrogen (secondary N) is 1. The Morgan fingerprint density at radius 2 is 2.00 bits per heavy atom. The molecule has 2 aliphatic carbocycles. The van der Waals surface area contributed by atoms with E-state index in [9.17, 15) is 9.59 Å². The number of allylic oxidation sites excluding steroid dienone is 2. The van der Waals surface area contributed by atoms with Crippen molar-refractivity contribution in [3.05, 3.63) is 12.2 Å². The highest BCUT2D eigenvalue weighted by atomic mass is 16.5. The summed E-state index contributed by atoms with van der Waals surface area (Å²) in [6.07, 6.45) is 11.3. The summed E-state index contributed by atoms with van der Waals surface area (Å²) in [6.45, 7) is 2.17. The largest absolute Gasteiger partial charge is 0.464 e. The number of ether oxygens (including phenoxy) is 1. The molecule has 4 heteroatoms. The Kier molecular flexibility index (Phi) is 5.21. The van der Waals surface area contributed by atoms with E-state index in [2.05, 4.69) is 17.5 Å². The second kappa shape index (κ2) is 6.91. The van der Waals surface area contributed by atoms with Crippen molar-refractivity contribution >= 4 is 11.9 Å². The molecule has 20 heavy (non-hydrogen) atoms. The lowest BCUT2D eigenvalue weighted by Crippen LogP contribution is -2.57. The fourth-order valence-electron chi connectivity index (χ4n) is 3.17. The van der Waals surface area contributed by atoms with Gasteiger partial charge in [0.25, 0.3) is 0 Å². The van der Waals surface area contributed by atoms with Crippen LogP contribution in [0.4, 0.5) is 0 Å². The van der Waals surface area contributed by atoms with Crippen LogP contribution in [0.1, 0.15) is 58.3 Å². The minimum Gasteiger partial charge on any atom is -0.464 e. The van der Waals surface area contributed by atoms with Crippen LogP contribution >= 0.6 is 0 Å². The van der Waals surface area contributed by atoms with Crippen LogP contribution in [0.15, 0.2) is 12.2 Å². The summed E-state index contributed by atoms with van der Waals surface area (Å²) in [4.78, 5) is 24.7. The summed E-state index contributed by atoms with van der Waals surface area (Å²) in [5.41, 5.74) is -0.771. The molecule has 4 nitrogen and oxygen atoms in total. The summed E-state index contributed by atoms with van der Waals surface area (Å²) in [6, 6.07) is 0. The fraction of sp³-hybridized carbons (Fsp3) is 0.750. The minimum atomic E-state index is -0.771. The third kappa shape index (κ3) is 3.41. The van der Waals surface area contributed by atoms with Crippen molar-refractivity contribution < 1.29 is 14.3 Å². The molecule has 0 aromatic carbocycles. The number of carbonyl (C=O) groups is 2. The first-order chi connectivity index (χ1) is 9.68. The zero-order chi connectivity index (χ0) is 14.4. The molecular weight excluding hydrogens is 254 g/mol. The molecule has 1 fully saturated rings. The molecular formula is C16H25NO3. The highest BCUT2D eigenvalue weighted by Crippen LogP contribution is 2.30. The predicted molar refractivity (Wildman–Crippen MR) is 77.1 cm³/mol. The number of amides is 1. The van der Waals surface area contributed by atoms with Gasteiger partial charge < -0.3 is 10.1 Å². The molecule has 0 aliphatic heterocycles. The predicted octanol–water partition coefficient (Wildman–Crippen LogP) is 2.72. The Balaban J connectivity index is 2.05. The second-order valence-electron chi connectivity index (χ2n) is 5.83. The maximum atomic E-state index is 12.4. The topological polar surface area (TPSA) is 55.4 Å². The van der Waals surface area contributed by atoms with Gasteiger partial charge in [0, 0.05) is 5.92 Å². The molecule has 0 unspecified atom stereocenters. The smallest absolute Gasteiger partial charge is 0.331 e. The first-order valence-corrected chi connectivity index (χ1v) is 7.82. The van der Waals surface area contributed by atoms with Gasteiger partial charge >= 0.3 is 5.97 Å². The Bertz CT molecular complexity index is 383. The van der Waals surface area contributed by atoms with Crippen LogP contribution in [0.2, 0.25) is 0 Å². The highest BCUT2D eigenvalue weighted by molar-refractivity contribution is 5.89. The third-order valence-electron chi connectivity index (χ3n) is 4.38. The van der Waals surface area contributed by atoms with E-state index >= 15 is 0 Å². The molecule has 1 N–H and O–H groups in total. The van der Waals surface area contributed by atoms with Crippen molar-refractivity contribution in [2.75, 3.05) is 6.61 Å². The van der Waals surface area contributed by atoms with Crippen LogP contribution in [-0.4, -0.2) is 24.0 Å². The van der Waals surface area contributed by atoms with Gasteiger partial charge in [0.05, 0.1) is 6.61 Å². The fourth-order valence-corrected chi connectivity index (χ4v) is 3.17. The lowest BCUT2D eigenvalue weighted by molar-refractivity contribution is -0.155. The molecule has 0 radical (unpaired) electrons. The molecule has 2 aliphatic rings. The number of hydrogen-bond acceptors (Lipinski definition) is 3. The van der Waals surface area contributed by atoms with Crippen LogP contribution in [0, 0.1) is 5.92 Å². The van der Waals surface area contributed by atoms with E-state index in [-0.39, 0.29) is 17.8 Å². The lowest BCUT2D eigenvalue weighted by atomic mass is 9.80. The molecule has 0 bridgehead atoms. The van der Waals surface area contributed by atoms with E-state index in [0.717, 1.165) is 38.5 Å². The van der Waals surface area contributed by atoms with E-state index in [1.165, 1.54) is 0 Å². The van der Waals surface area contributed by atoms with Gasteiger partial charge in [0.2, 0.25) is 5.91 Å². The molecule has 0 spiro atoms. The number of carbonyl (C=O) groups excluding carboxylic acids is 2. The van der Waals surface area contributed by atoms with Gasteiger partial charge in [0.15, 0.2) is 0 Å². The average Bonchev–Trinajstić information content (AvgIpc) is 2.49. The summed E-state index contributed by atoms with van der Waals surface area (Å²) in [5, 5.41) is 3.04. The molecule has 2 rings (SSSR count). The zero-order valence-electron chi connectivity index (χ0n) is 12.3. The number of hydrogen-bond donors (Lipinski definition) is 1. The van der Waals surface area contributed by atoms with Crippen molar-refractivity contribution in [3.8, 4) is 0 Å². The molecule has 0 aromatic heterocycles. The third-order valence-corrected chi connectivity index (χ3v) is 4.38. The van der Waals surface area contributed by atoms with Crippen molar-refractivity contribution in [1.29, 1.82) is 0 Å². The van der Waals surface area contributed by atoms with Gasteiger partial charge in [-0.3, -0.25) is 4.79 Å². The average molecular weight is 279 g/mol. The van der Waals surface area contributed by atoms with Crippen LogP contribution in [0.25, 0.3) is 0 Å². The van der Waals surface area contributed by atoms with Gasteiger partial charge in [-0.05, 0) is 39.0 Å². The molecule has 1 atom stereocenters. The Hall–Kier alpha value is -1.32. The van der Waals surface area contributed by atoms with Gasteiger partial charge in [-0.25, -0.2) is 4.79 Å². The normalized spacial score (nSPS) is 24.9. The van der Waals surface area contributed by atoms with E-state index in [4.69, 9.17) is 4.74 Å². The highest BCUT2D eigenvalue weighted by Gasteiger charge is 2.43. The molecule has 1 saturated carbocycles. The van der Waals surface area contributed by atoms with Gasteiger partial charge in [-0.2, -0.15) is 0 Å². The van der Waals surface area contributed by atoms with E-state index in [1.807, 2.05) is 6.92 Å². The Morgan fingerprint density at radius 3 is 2.60 bits per heavy atom.